The lowest BCUT2D eigenvalue weighted by Crippen LogP contribution is -2.41. The number of aromatic nitrogens is 1. The first kappa shape index (κ1) is 16.8. The maximum absolute atomic E-state index is 12.1. The molecule has 0 aliphatic carbocycles. The van der Waals surface area contributed by atoms with Crippen molar-refractivity contribution in [3.63, 3.8) is 0 Å². The number of likely N-dealkylation sites (tertiary alicyclic amines) is 2. The molecule has 6 nitrogen and oxygen atoms in total. The third-order valence-corrected chi connectivity index (χ3v) is 5.99. The molecule has 2 fully saturated rings. The highest BCUT2D eigenvalue weighted by atomic mass is 32.1. The Hall–Kier alpha value is -1.02. The first-order valence-corrected chi connectivity index (χ1v) is 9.07. The van der Waals surface area contributed by atoms with Gasteiger partial charge in [-0.3, -0.25) is 14.6 Å². The van der Waals surface area contributed by atoms with Crippen LogP contribution in [0.5, 0.6) is 0 Å². The Morgan fingerprint density at radius 1 is 1.52 bits per heavy atom. The van der Waals surface area contributed by atoms with Crippen LogP contribution < -0.4 is 0 Å². The van der Waals surface area contributed by atoms with Gasteiger partial charge in [-0.2, -0.15) is 0 Å². The van der Waals surface area contributed by atoms with Crippen LogP contribution in [-0.4, -0.2) is 72.3 Å². The molecule has 128 valence electrons. The average Bonchev–Trinajstić information content (AvgIpc) is 3.11. The van der Waals surface area contributed by atoms with Crippen molar-refractivity contribution in [2.24, 2.45) is 11.3 Å². The molecule has 2 saturated heterocycles. The van der Waals surface area contributed by atoms with Gasteiger partial charge in [-0.15, -0.1) is 11.3 Å². The molecule has 7 heteroatoms. The Labute approximate surface area is 141 Å². The highest BCUT2D eigenvalue weighted by molar-refractivity contribution is 7.09. The predicted octanol–water partition coefficient (Wildman–Crippen LogP) is 1.39. The number of ether oxygens (including phenoxy) is 1. The van der Waals surface area contributed by atoms with Crippen molar-refractivity contribution in [2.45, 2.75) is 19.4 Å². The van der Waals surface area contributed by atoms with Crippen molar-refractivity contribution in [1.82, 2.24) is 14.8 Å². The van der Waals surface area contributed by atoms with E-state index in [2.05, 4.69) is 14.8 Å². The Morgan fingerprint density at radius 3 is 3.04 bits per heavy atom. The number of carboxylic acid groups (broad SMARTS) is 1. The van der Waals surface area contributed by atoms with E-state index >= 15 is 0 Å². The molecule has 2 aliphatic heterocycles. The zero-order valence-corrected chi connectivity index (χ0v) is 14.4. The van der Waals surface area contributed by atoms with Crippen LogP contribution in [0.3, 0.4) is 0 Å². The fourth-order valence-corrected chi connectivity index (χ4v) is 4.68. The van der Waals surface area contributed by atoms with E-state index < -0.39 is 11.4 Å². The fourth-order valence-electron chi connectivity index (χ4n) is 4.02. The van der Waals surface area contributed by atoms with Gasteiger partial charge in [-0.25, -0.2) is 4.98 Å². The van der Waals surface area contributed by atoms with Crippen molar-refractivity contribution in [3.05, 3.63) is 16.6 Å². The summed E-state index contributed by atoms with van der Waals surface area (Å²) in [5.74, 6) is -0.446. The van der Waals surface area contributed by atoms with E-state index in [1.165, 1.54) is 0 Å². The van der Waals surface area contributed by atoms with E-state index in [1.54, 1.807) is 18.4 Å². The van der Waals surface area contributed by atoms with Crippen LogP contribution in [0.4, 0.5) is 0 Å². The summed E-state index contributed by atoms with van der Waals surface area (Å²) >= 11 is 1.67. The normalized spacial score (nSPS) is 29.3. The summed E-state index contributed by atoms with van der Waals surface area (Å²) in [6, 6.07) is 0. The van der Waals surface area contributed by atoms with Gasteiger partial charge in [0.05, 0.1) is 18.6 Å². The molecule has 23 heavy (non-hydrogen) atoms. The largest absolute Gasteiger partial charge is 0.481 e. The first-order valence-electron chi connectivity index (χ1n) is 8.19. The van der Waals surface area contributed by atoms with Gasteiger partial charge < -0.3 is 9.84 Å². The molecule has 0 bridgehead atoms. The highest BCUT2D eigenvalue weighted by Crippen LogP contribution is 2.43. The second kappa shape index (κ2) is 7.25. The van der Waals surface area contributed by atoms with Crippen LogP contribution in [0, 0.1) is 11.3 Å². The van der Waals surface area contributed by atoms with Crippen LogP contribution in [-0.2, 0) is 16.1 Å². The van der Waals surface area contributed by atoms with Crippen LogP contribution in [0.1, 0.15) is 17.8 Å². The zero-order valence-electron chi connectivity index (χ0n) is 13.6. The summed E-state index contributed by atoms with van der Waals surface area (Å²) in [4.78, 5) is 21.1. The number of nitrogens with zero attached hydrogens (tertiary/aromatic N) is 3. The summed E-state index contributed by atoms with van der Waals surface area (Å²) < 4.78 is 5.16. The number of thiazole rings is 1. The second-order valence-electron chi connectivity index (χ2n) is 6.65. The number of carboxylic acids is 1. The smallest absolute Gasteiger partial charge is 0.311 e. The fraction of sp³-hybridized carbons (Fsp3) is 0.750. The maximum Gasteiger partial charge on any atom is 0.311 e. The Balaban J connectivity index is 1.71. The lowest BCUT2D eigenvalue weighted by atomic mass is 9.75. The summed E-state index contributed by atoms with van der Waals surface area (Å²) in [5.41, 5.74) is -0.592. The van der Waals surface area contributed by atoms with Crippen LogP contribution >= 0.6 is 11.3 Å². The van der Waals surface area contributed by atoms with Gasteiger partial charge in [0, 0.05) is 50.8 Å². The molecule has 0 radical (unpaired) electrons. The number of methoxy groups -OCH3 is 1. The van der Waals surface area contributed by atoms with Crippen molar-refractivity contribution in [2.75, 3.05) is 46.4 Å². The molecule has 0 saturated carbocycles. The van der Waals surface area contributed by atoms with Gasteiger partial charge in [-0.05, 0) is 19.4 Å². The maximum atomic E-state index is 12.1. The molecule has 0 spiro atoms. The number of hydrogen-bond acceptors (Lipinski definition) is 6. The number of aliphatic carboxylic acids is 1. The minimum absolute atomic E-state index is 0.180. The predicted molar refractivity (Wildman–Crippen MR) is 88.5 cm³/mol. The molecule has 1 aromatic rings. The molecule has 3 heterocycles. The van der Waals surface area contributed by atoms with Crippen LogP contribution in [0.25, 0.3) is 0 Å². The van der Waals surface area contributed by atoms with Gasteiger partial charge in [0.2, 0.25) is 0 Å². The average molecular weight is 339 g/mol. The van der Waals surface area contributed by atoms with E-state index in [4.69, 9.17) is 4.74 Å². The van der Waals surface area contributed by atoms with Gasteiger partial charge >= 0.3 is 5.97 Å². The Bertz CT molecular complexity index is 525. The molecule has 0 amide bonds. The van der Waals surface area contributed by atoms with Gasteiger partial charge in [0.25, 0.3) is 0 Å². The number of rotatable bonds is 6. The van der Waals surface area contributed by atoms with Crippen molar-refractivity contribution >= 4 is 17.3 Å². The molecule has 1 N–H and O–H groups in total. The lowest BCUT2D eigenvalue weighted by molar-refractivity contribution is -0.151. The van der Waals surface area contributed by atoms with Gasteiger partial charge in [0.1, 0.15) is 5.01 Å². The summed E-state index contributed by atoms with van der Waals surface area (Å²) in [6.07, 6.45) is 3.54. The number of fused-ring (bicyclic) bond motifs is 1. The third-order valence-electron chi connectivity index (χ3n) is 5.22. The molecule has 2 atom stereocenters. The molecule has 1 aromatic heterocycles. The van der Waals surface area contributed by atoms with Crippen molar-refractivity contribution in [1.29, 1.82) is 0 Å². The lowest BCUT2D eigenvalue weighted by Gasteiger charge is -2.29. The SMILES string of the molecule is COCCN1C[C@H]2CN(Cc3nccs3)CCC[C@@]2(C(=O)O)C1. The molecule has 3 rings (SSSR count). The minimum Gasteiger partial charge on any atom is -0.481 e. The summed E-state index contributed by atoms with van der Waals surface area (Å²) in [5, 5.41) is 13.0. The summed E-state index contributed by atoms with van der Waals surface area (Å²) in [6.45, 7) is 5.62. The quantitative estimate of drug-likeness (QED) is 0.845. The Morgan fingerprint density at radius 2 is 2.35 bits per heavy atom. The monoisotopic (exact) mass is 339 g/mol. The van der Waals surface area contributed by atoms with Crippen LogP contribution in [0.2, 0.25) is 0 Å². The standard InChI is InChI=1S/C16H25N3O3S/c1-22-7-6-19-10-13-9-18(11-14-17-4-8-23-14)5-2-3-16(13,12-19)15(20)21/h4,8,13H,2-3,5-7,9-12H2,1H3,(H,20,21)/t13-,16-/m1/s1. The van der Waals surface area contributed by atoms with Gasteiger partial charge in [0.15, 0.2) is 0 Å². The van der Waals surface area contributed by atoms with E-state index in [0.29, 0.717) is 13.2 Å². The van der Waals surface area contributed by atoms with Crippen LogP contribution in [0.15, 0.2) is 11.6 Å². The molecular formula is C16H25N3O3S. The molecule has 0 unspecified atom stereocenters. The van der Waals surface area contributed by atoms with Crippen molar-refractivity contribution in [3.8, 4) is 0 Å². The number of carbonyl (C=O) groups is 1. The second-order valence-corrected chi connectivity index (χ2v) is 7.63. The van der Waals surface area contributed by atoms with E-state index in [9.17, 15) is 9.90 Å². The van der Waals surface area contributed by atoms with E-state index in [1.807, 2.05) is 11.6 Å². The van der Waals surface area contributed by atoms with Crippen molar-refractivity contribution < 1.29 is 14.6 Å². The van der Waals surface area contributed by atoms with E-state index in [0.717, 1.165) is 50.6 Å². The topological polar surface area (TPSA) is 65.9 Å². The summed E-state index contributed by atoms with van der Waals surface area (Å²) in [7, 11) is 1.69. The molecule has 0 aromatic carbocycles. The Kier molecular flexibility index (Phi) is 5.31. The minimum atomic E-state index is -0.626. The number of hydrogen-bond donors (Lipinski definition) is 1. The highest BCUT2D eigenvalue weighted by Gasteiger charge is 2.53. The molecular weight excluding hydrogens is 314 g/mol. The first-order chi connectivity index (χ1) is 11.1. The zero-order chi connectivity index (χ0) is 16.3. The molecule has 2 aliphatic rings. The van der Waals surface area contributed by atoms with E-state index in [-0.39, 0.29) is 5.92 Å². The third kappa shape index (κ3) is 3.57. The van der Waals surface area contributed by atoms with Gasteiger partial charge in [-0.1, -0.05) is 0 Å².